The van der Waals surface area contributed by atoms with E-state index in [1.807, 2.05) is 13.8 Å². The SMILES string of the molecule is COC(=O)COc1ccc(OC(C)C)c(CC(=O)N[C@H](C(=O)N[C@@H](CC(=O)O)C(=O)CSCc2c(F)cccc2Cl)C(C)C)c1. The Morgan fingerprint density at radius 2 is 1.76 bits per heavy atom. The number of ether oxygens (including phenoxy) is 3. The van der Waals surface area contributed by atoms with Crippen molar-refractivity contribution in [3.8, 4) is 11.5 Å². The number of halogens is 2. The van der Waals surface area contributed by atoms with Crippen LogP contribution in [0.5, 0.6) is 11.5 Å². The van der Waals surface area contributed by atoms with Crippen molar-refractivity contribution in [3.63, 3.8) is 0 Å². The molecule has 2 aromatic rings. The number of esters is 1. The number of hydrogen-bond acceptors (Lipinski definition) is 9. The summed E-state index contributed by atoms with van der Waals surface area (Å²) in [5, 5.41) is 14.7. The predicted octanol–water partition coefficient (Wildman–Crippen LogP) is 3.96. The third-order valence-electron chi connectivity index (χ3n) is 6.23. The summed E-state index contributed by atoms with van der Waals surface area (Å²) in [6, 6.07) is 6.44. The van der Waals surface area contributed by atoms with Crippen LogP contribution >= 0.6 is 23.4 Å². The topological polar surface area (TPSA) is 157 Å². The number of aliphatic carboxylic acids is 1. The van der Waals surface area contributed by atoms with E-state index in [2.05, 4.69) is 15.4 Å². The van der Waals surface area contributed by atoms with Crippen LogP contribution in [0.15, 0.2) is 36.4 Å². The van der Waals surface area contributed by atoms with E-state index in [4.69, 9.17) is 21.1 Å². The molecule has 0 bridgehead atoms. The molecule has 246 valence electrons. The van der Waals surface area contributed by atoms with Gasteiger partial charge in [-0.25, -0.2) is 9.18 Å². The number of hydrogen-bond donors (Lipinski definition) is 3. The lowest BCUT2D eigenvalue weighted by atomic mass is 10.0. The first-order chi connectivity index (χ1) is 21.2. The first-order valence-electron chi connectivity index (χ1n) is 14.1. The average molecular weight is 669 g/mol. The van der Waals surface area contributed by atoms with Crippen LogP contribution in [0.4, 0.5) is 4.39 Å². The Labute approximate surface area is 270 Å². The van der Waals surface area contributed by atoms with Gasteiger partial charge in [0.15, 0.2) is 12.4 Å². The van der Waals surface area contributed by atoms with Crippen molar-refractivity contribution in [1.29, 1.82) is 0 Å². The van der Waals surface area contributed by atoms with Gasteiger partial charge in [0.1, 0.15) is 23.4 Å². The van der Waals surface area contributed by atoms with Gasteiger partial charge in [0, 0.05) is 21.9 Å². The van der Waals surface area contributed by atoms with Gasteiger partial charge >= 0.3 is 11.9 Å². The quantitative estimate of drug-likeness (QED) is 0.199. The molecule has 0 saturated heterocycles. The molecule has 0 aliphatic heterocycles. The minimum absolute atomic E-state index is 0.0626. The van der Waals surface area contributed by atoms with Crippen LogP contribution in [0, 0.1) is 11.7 Å². The highest BCUT2D eigenvalue weighted by Crippen LogP contribution is 2.27. The van der Waals surface area contributed by atoms with Crippen LogP contribution in [0.25, 0.3) is 0 Å². The fourth-order valence-electron chi connectivity index (χ4n) is 3.99. The normalized spacial score (nSPS) is 12.3. The van der Waals surface area contributed by atoms with Gasteiger partial charge in [-0.1, -0.05) is 31.5 Å². The molecule has 0 heterocycles. The van der Waals surface area contributed by atoms with Gasteiger partial charge < -0.3 is 30.0 Å². The second kappa shape index (κ2) is 18.2. The number of carboxylic acids is 1. The van der Waals surface area contributed by atoms with Crippen LogP contribution < -0.4 is 20.1 Å². The summed E-state index contributed by atoms with van der Waals surface area (Å²) >= 11 is 7.06. The first kappa shape index (κ1) is 37.3. The highest BCUT2D eigenvalue weighted by atomic mass is 35.5. The molecule has 0 aliphatic carbocycles. The van der Waals surface area contributed by atoms with Crippen molar-refractivity contribution >= 4 is 52.9 Å². The minimum Gasteiger partial charge on any atom is -0.491 e. The maximum Gasteiger partial charge on any atom is 0.343 e. The molecule has 3 N–H and O–H groups in total. The average Bonchev–Trinajstić information content (AvgIpc) is 2.96. The van der Waals surface area contributed by atoms with Crippen molar-refractivity contribution in [2.45, 2.75) is 64.5 Å². The largest absolute Gasteiger partial charge is 0.491 e. The Balaban J connectivity index is 2.13. The van der Waals surface area contributed by atoms with Crippen molar-refractivity contribution in [1.82, 2.24) is 10.6 Å². The smallest absolute Gasteiger partial charge is 0.343 e. The number of nitrogens with one attached hydrogen (secondary N) is 2. The van der Waals surface area contributed by atoms with Crippen LogP contribution in [-0.4, -0.2) is 72.3 Å². The molecule has 45 heavy (non-hydrogen) atoms. The van der Waals surface area contributed by atoms with Gasteiger partial charge in [0.05, 0.1) is 37.9 Å². The zero-order valence-electron chi connectivity index (χ0n) is 25.7. The molecule has 0 unspecified atom stereocenters. The number of carbonyl (C=O) groups is 5. The first-order valence-corrected chi connectivity index (χ1v) is 15.6. The molecule has 2 aromatic carbocycles. The summed E-state index contributed by atoms with van der Waals surface area (Å²) in [5.41, 5.74) is 0.637. The number of amides is 2. The number of rotatable bonds is 18. The van der Waals surface area contributed by atoms with Gasteiger partial charge in [-0.15, -0.1) is 11.8 Å². The highest BCUT2D eigenvalue weighted by molar-refractivity contribution is 7.99. The lowest BCUT2D eigenvalue weighted by Gasteiger charge is -2.25. The van der Waals surface area contributed by atoms with Gasteiger partial charge in [0.2, 0.25) is 11.8 Å². The molecule has 0 aliphatic rings. The summed E-state index contributed by atoms with van der Waals surface area (Å²) in [6.07, 6.45) is -1.12. The Bertz CT molecular complexity index is 1350. The molecule has 2 amide bonds. The molecule has 14 heteroatoms. The fraction of sp³-hybridized carbons (Fsp3) is 0.452. The molecule has 2 atom stereocenters. The van der Waals surface area contributed by atoms with E-state index >= 15 is 0 Å². The zero-order valence-corrected chi connectivity index (χ0v) is 27.3. The van der Waals surface area contributed by atoms with Crippen LogP contribution in [0.2, 0.25) is 5.02 Å². The standard InChI is InChI=1S/C31H38ClFN2O9S/c1-17(2)30(35-27(37)12-19-11-20(43-14-29(40)42-5)9-10-26(19)44-18(3)4)31(41)34-24(13-28(38)39)25(36)16-45-15-21-22(32)7-6-8-23(21)33/h6-11,17-18,24,30H,12-16H2,1-5H3,(H,34,41)(H,35,37)(H,38,39)/t24-,30-/m0/s1. The molecular formula is C31H38ClFN2O9S. The third-order valence-corrected chi connectivity index (χ3v) is 7.57. The van der Waals surface area contributed by atoms with Gasteiger partial charge in [-0.2, -0.15) is 0 Å². The maximum absolute atomic E-state index is 14.1. The zero-order chi connectivity index (χ0) is 33.7. The van der Waals surface area contributed by atoms with Crippen molar-refractivity contribution in [2.24, 2.45) is 5.92 Å². The Kier molecular flexibility index (Phi) is 15.1. The number of carbonyl (C=O) groups excluding carboxylic acids is 4. The molecule has 0 spiro atoms. The minimum atomic E-state index is -1.38. The van der Waals surface area contributed by atoms with E-state index in [0.29, 0.717) is 17.1 Å². The summed E-state index contributed by atoms with van der Waals surface area (Å²) in [7, 11) is 1.23. The van der Waals surface area contributed by atoms with Gasteiger partial charge in [-0.3, -0.25) is 19.2 Å². The lowest BCUT2D eigenvalue weighted by molar-refractivity contribution is -0.143. The van der Waals surface area contributed by atoms with E-state index in [-0.39, 0.29) is 41.2 Å². The molecule has 0 radical (unpaired) electrons. The fourth-order valence-corrected chi connectivity index (χ4v) is 5.30. The molecule has 0 saturated carbocycles. The van der Waals surface area contributed by atoms with Crippen molar-refractivity contribution in [3.05, 3.63) is 58.4 Å². The predicted molar refractivity (Wildman–Crippen MR) is 167 cm³/mol. The number of benzene rings is 2. The lowest BCUT2D eigenvalue weighted by Crippen LogP contribution is -2.54. The third kappa shape index (κ3) is 12.6. The number of carboxylic acid groups (broad SMARTS) is 1. The maximum atomic E-state index is 14.1. The second-order valence-corrected chi connectivity index (χ2v) is 12.0. The van der Waals surface area contributed by atoms with Crippen LogP contribution in [-0.2, 0) is 40.9 Å². The molecule has 0 fully saturated rings. The Morgan fingerprint density at radius 1 is 1.04 bits per heavy atom. The molecular weight excluding hydrogens is 631 g/mol. The summed E-state index contributed by atoms with van der Waals surface area (Å²) in [5.74, 6) is -4.21. The monoisotopic (exact) mass is 668 g/mol. The number of methoxy groups -OCH3 is 1. The van der Waals surface area contributed by atoms with E-state index in [0.717, 1.165) is 11.8 Å². The highest BCUT2D eigenvalue weighted by Gasteiger charge is 2.30. The van der Waals surface area contributed by atoms with E-state index in [1.54, 1.807) is 32.0 Å². The molecule has 11 nitrogen and oxygen atoms in total. The van der Waals surface area contributed by atoms with Gasteiger partial charge in [0.25, 0.3) is 0 Å². The number of Topliss-reactive ketones (excluding diaryl/α,β-unsaturated/α-hetero) is 1. The Hall–Kier alpha value is -3.84. The van der Waals surface area contributed by atoms with Crippen LogP contribution in [0.3, 0.4) is 0 Å². The van der Waals surface area contributed by atoms with Crippen LogP contribution in [0.1, 0.15) is 45.2 Å². The number of thioether (sulfide) groups is 1. The summed E-state index contributed by atoms with van der Waals surface area (Å²) in [4.78, 5) is 62.3. The van der Waals surface area contributed by atoms with Crippen molar-refractivity contribution < 1.29 is 47.7 Å². The van der Waals surface area contributed by atoms with Crippen molar-refractivity contribution in [2.75, 3.05) is 19.5 Å². The molecule has 0 aromatic heterocycles. The second-order valence-electron chi connectivity index (χ2n) is 10.6. The van der Waals surface area contributed by atoms with Gasteiger partial charge in [-0.05, 0) is 50.1 Å². The van der Waals surface area contributed by atoms with E-state index in [9.17, 15) is 33.5 Å². The summed E-state index contributed by atoms with van der Waals surface area (Å²) < 4.78 is 29.9. The van der Waals surface area contributed by atoms with E-state index in [1.165, 1.54) is 25.3 Å². The molecule has 2 rings (SSSR count). The summed E-state index contributed by atoms with van der Waals surface area (Å²) in [6.45, 7) is 6.65. The Morgan fingerprint density at radius 3 is 2.36 bits per heavy atom. The number of ketones is 1. The van der Waals surface area contributed by atoms with E-state index < -0.39 is 59.8 Å².